The minimum absolute atomic E-state index is 0.261. The Morgan fingerprint density at radius 1 is 1.25 bits per heavy atom. The van der Waals surface area contributed by atoms with Crippen molar-refractivity contribution in [2.45, 2.75) is 13.8 Å². The minimum atomic E-state index is -0.625. The summed E-state index contributed by atoms with van der Waals surface area (Å²) < 4.78 is 7.77. The van der Waals surface area contributed by atoms with Gasteiger partial charge in [0.05, 0.1) is 15.9 Å². The van der Waals surface area contributed by atoms with Crippen LogP contribution in [0.1, 0.15) is 23.0 Å². The number of rotatable bonds is 5. The lowest BCUT2D eigenvalue weighted by atomic mass is 10.2. The summed E-state index contributed by atoms with van der Waals surface area (Å²) in [4.78, 5) is 35.4. The summed E-state index contributed by atoms with van der Waals surface area (Å²) in [6, 6.07) is 9.40. The summed E-state index contributed by atoms with van der Waals surface area (Å²) in [5.74, 6) is -0.961. The Bertz CT molecular complexity index is 1150. The molecule has 0 radical (unpaired) electrons. The van der Waals surface area contributed by atoms with Crippen LogP contribution in [0.5, 0.6) is 0 Å². The molecule has 0 aliphatic carbocycles. The third kappa shape index (κ3) is 3.20. The Morgan fingerprint density at radius 3 is 2.86 bits per heavy atom. The van der Waals surface area contributed by atoms with Crippen LogP contribution in [0, 0.1) is 6.92 Å². The van der Waals surface area contributed by atoms with Crippen molar-refractivity contribution in [3.8, 4) is 0 Å². The highest BCUT2D eigenvalue weighted by Crippen LogP contribution is 2.28. The molecule has 3 heterocycles. The topological polar surface area (TPSA) is 89.7 Å². The van der Waals surface area contributed by atoms with E-state index in [0.29, 0.717) is 23.0 Å². The average molecular weight is 395 g/mol. The lowest BCUT2D eigenvalue weighted by Crippen LogP contribution is -2.34. The Labute approximate surface area is 164 Å². The number of likely N-dealkylation sites (N-methyl/N-ethyl adjacent to an activating group) is 1. The summed E-state index contributed by atoms with van der Waals surface area (Å²) in [6.45, 7) is 3.59. The van der Waals surface area contributed by atoms with E-state index in [1.807, 2.05) is 31.2 Å². The van der Waals surface area contributed by atoms with Crippen molar-refractivity contribution in [3.05, 3.63) is 54.0 Å². The number of para-hydroxylation sites is 1. The number of benzene rings is 1. The van der Waals surface area contributed by atoms with Crippen molar-refractivity contribution in [2.75, 3.05) is 18.1 Å². The van der Waals surface area contributed by atoms with Gasteiger partial charge in [-0.3, -0.25) is 9.69 Å². The molecule has 4 rings (SSSR count). The highest BCUT2D eigenvalue weighted by atomic mass is 32.1. The number of fused-ring (bicyclic) bond motifs is 2. The molecule has 3 aromatic heterocycles. The lowest BCUT2D eigenvalue weighted by molar-refractivity contribution is -0.121. The monoisotopic (exact) mass is 395 g/mol. The average Bonchev–Trinajstić information content (AvgIpc) is 3.26. The summed E-state index contributed by atoms with van der Waals surface area (Å²) in [5.41, 5.74) is 1.99. The molecule has 28 heavy (non-hydrogen) atoms. The summed E-state index contributed by atoms with van der Waals surface area (Å²) in [6.07, 6.45) is 3.27. The van der Waals surface area contributed by atoms with E-state index in [1.54, 1.807) is 25.4 Å². The first kappa shape index (κ1) is 18.1. The molecule has 0 atom stereocenters. The molecule has 0 saturated carbocycles. The van der Waals surface area contributed by atoms with E-state index in [2.05, 4.69) is 15.1 Å². The van der Waals surface area contributed by atoms with Crippen LogP contribution in [-0.4, -0.2) is 44.6 Å². The van der Waals surface area contributed by atoms with E-state index < -0.39 is 5.97 Å². The molecule has 8 nitrogen and oxygen atoms in total. The number of amides is 1. The van der Waals surface area contributed by atoms with Gasteiger partial charge >= 0.3 is 5.97 Å². The molecule has 0 aliphatic rings. The number of nitrogens with zero attached hydrogens (tertiary/aromatic N) is 5. The van der Waals surface area contributed by atoms with Crippen LogP contribution in [-0.2, 0) is 9.53 Å². The first-order valence-electron chi connectivity index (χ1n) is 8.71. The third-order valence-corrected chi connectivity index (χ3v) is 5.29. The van der Waals surface area contributed by atoms with Crippen molar-refractivity contribution in [1.82, 2.24) is 19.6 Å². The van der Waals surface area contributed by atoms with Crippen LogP contribution in [0.15, 0.2) is 42.7 Å². The first-order valence-corrected chi connectivity index (χ1v) is 9.53. The molecule has 0 N–H and O–H groups in total. The maximum atomic E-state index is 12.7. The van der Waals surface area contributed by atoms with E-state index in [1.165, 1.54) is 20.8 Å². The van der Waals surface area contributed by atoms with Crippen LogP contribution in [0.4, 0.5) is 5.13 Å². The van der Waals surface area contributed by atoms with Crippen LogP contribution in [0.2, 0.25) is 0 Å². The number of aryl methyl sites for hydroxylation is 1. The number of hydrogen-bond acceptors (Lipinski definition) is 7. The van der Waals surface area contributed by atoms with Gasteiger partial charge in [-0.05, 0) is 32.0 Å². The molecule has 0 bridgehead atoms. The molecular weight excluding hydrogens is 378 g/mol. The molecule has 0 unspecified atom stereocenters. The minimum Gasteiger partial charge on any atom is -0.452 e. The van der Waals surface area contributed by atoms with Gasteiger partial charge in [0, 0.05) is 18.9 Å². The van der Waals surface area contributed by atoms with Crippen molar-refractivity contribution in [2.24, 2.45) is 0 Å². The van der Waals surface area contributed by atoms with E-state index in [9.17, 15) is 9.59 Å². The largest absolute Gasteiger partial charge is 0.452 e. The summed E-state index contributed by atoms with van der Waals surface area (Å²) in [5, 5.41) is 4.82. The normalized spacial score (nSPS) is 11.1. The maximum absolute atomic E-state index is 12.7. The van der Waals surface area contributed by atoms with Gasteiger partial charge in [-0.2, -0.15) is 5.10 Å². The molecular formula is C19H17N5O3S. The van der Waals surface area contributed by atoms with Crippen molar-refractivity contribution >= 4 is 44.2 Å². The molecule has 4 aromatic rings. The predicted octanol–water partition coefficient (Wildman–Crippen LogP) is 2.86. The molecule has 9 heteroatoms. The number of esters is 1. The van der Waals surface area contributed by atoms with Crippen LogP contribution in [0.25, 0.3) is 15.9 Å². The highest BCUT2D eigenvalue weighted by Gasteiger charge is 2.23. The van der Waals surface area contributed by atoms with Crippen LogP contribution >= 0.6 is 11.3 Å². The zero-order valence-corrected chi connectivity index (χ0v) is 16.1. The second-order valence-electron chi connectivity index (χ2n) is 6.03. The smallest absolute Gasteiger partial charge is 0.344 e. The second-order valence-corrected chi connectivity index (χ2v) is 7.04. The molecule has 0 saturated heterocycles. The summed E-state index contributed by atoms with van der Waals surface area (Å²) in [7, 11) is 0. The van der Waals surface area contributed by atoms with Crippen molar-refractivity contribution < 1.29 is 14.3 Å². The number of thiazole rings is 1. The van der Waals surface area contributed by atoms with Crippen LogP contribution < -0.4 is 4.90 Å². The zero-order valence-electron chi connectivity index (χ0n) is 15.3. The fourth-order valence-electron chi connectivity index (χ4n) is 2.91. The lowest BCUT2D eigenvalue weighted by Gasteiger charge is -2.17. The number of aromatic nitrogens is 4. The van der Waals surface area contributed by atoms with E-state index in [-0.39, 0.29) is 18.1 Å². The molecule has 0 spiro atoms. The van der Waals surface area contributed by atoms with Gasteiger partial charge in [-0.1, -0.05) is 23.5 Å². The van der Waals surface area contributed by atoms with Crippen LogP contribution in [0.3, 0.4) is 0 Å². The van der Waals surface area contributed by atoms with E-state index in [4.69, 9.17) is 4.74 Å². The first-order chi connectivity index (χ1) is 13.6. The van der Waals surface area contributed by atoms with Gasteiger partial charge in [0.25, 0.3) is 5.91 Å². The molecule has 142 valence electrons. The highest BCUT2D eigenvalue weighted by molar-refractivity contribution is 7.22. The quantitative estimate of drug-likeness (QED) is 0.483. The SMILES string of the molecule is CCN(C(=O)COC(=O)c1c(C)nn2cccnc12)c1nc2ccccc2s1. The third-order valence-electron chi connectivity index (χ3n) is 4.23. The number of carbonyl (C=O) groups excluding carboxylic acids is 2. The summed E-state index contributed by atoms with van der Waals surface area (Å²) >= 11 is 1.42. The number of hydrogen-bond donors (Lipinski definition) is 0. The standard InChI is InChI=1S/C19H17N5O3S/c1-3-23(19-21-13-7-4-5-8-14(13)28-19)15(25)11-27-18(26)16-12(2)22-24-10-6-9-20-17(16)24/h4-10H,3,11H2,1-2H3. The molecule has 1 aromatic carbocycles. The molecule has 0 fully saturated rings. The maximum Gasteiger partial charge on any atom is 0.344 e. The van der Waals surface area contributed by atoms with E-state index in [0.717, 1.165) is 10.2 Å². The van der Waals surface area contributed by atoms with Gasteiger partial charge < -0.3 is 4.74 Å². The zero-order chi connectivity index (χ0) is 19.7. The van der Waals surface area contributed by atoms with Gasteiger partial charge in [0.15, 0.2) is 17.4 Å². The van der Waals surface area contributed by atoms with E-state index >= 15 is 0 Å². The number of carbonyl (C=O) groups is 2. The van der Waals surface area contributed by atoms with Crippen molar-refractivity contribution in [1.29, 1.82) is 0 Å². The van der Waals surface area contributed by atoms with Gasteiger partial charge in [-0.15, -0.1) is 0 Å². The Kier molecular flexibility index (Phi) is 4.74. The Balaban J connectivity index is 1.50. The molecule has 0 aliphatic heterocycles. The van der Waals surface area contributed by atoms with Crippen molar-refractivity contribution in [3.63, 3.8) is 0 Å². The van der Waals surface area contributed by atoms with Gasteiger partial charge in [0.2, 0.25) is 0 Å². The number of anilines is 1. The van der Waals surface area contributed by atoms with Gasteiger partial charge in [0.1, 0.15) is 5.56 Å². The fourth-order valence-corrected chi connectivity index (χ4v) is 3.95. The Morgan fingerprint density at radius 2 is 2.07 bits per heavy atom. The van der Waals surface area contributed by atoms with Gasteiger partial charge in [-0.25, -0.2) is 19.3 Å². The Hall–Kier alpha value is -3.33. The number of ether oxygens (including phenoxy) is 1. The fraction of sp³-hybridized carbons (Fsp3) is 0.211. The predicted molar refractivity (Wildman–Crippen MR) is 106 cm³/mol. The second kappa shape index (κ2) is 7.35. The molecule has 1 amide bonds.